The van der Waals surface area contributed by atoms with E-state index in [9.17, 15) is 9.59 Å². The van der Waals surface area contributed by atoms with Gasteiger partial charge in [-0.3, -0.25) is 9.59 Å². The molecule has 1 saturated carbocycles. The fourth-order valence-corrected chi connectivity index (χ4v) is 4.53. The number of amides is 1. The quantitative estimate of drug-likeness (QED) is 0.827. The van der Waals surface area contributed by atoms with Gasteiger partial charge in [0.15, 0.2) is 6.61 Å². The van der Waals surface area contributed by atoms with Crippen LogP contribution in [0.3, 0.4) is 0 Å². The van der Waals surface area contributed by atoms with E-state index in [1.807, 2.05) is 32.0 Å². The van der Waals surface area contributed by atoms with E-state index in [4.69, 9.17) is 9.72 Å². The number of carbonyl (C=O) groups excluding carboxylic acids is 2. The van der Waals surface area contributed by atoms with Gasteiger partial charge in [0.2, 0.25) is 0 Å². The number of carbonyl (C=O) groups is 2. The number of rotatable bonds is 5. The minimum atomic E-state index is -0.275. The van der Waals surface area contributed by atoms with Crippen LogP contribution in [0.2, 0.25) is 0 Å². The summed E-state index contributed by atoms with van der Waals surface area (Å²) in [6.07, 6.45) is 3.85. The highest BCUT2D eigenvalue weighted by Gasteiger charge is 2.35. The number of esters is 1. The molecular formula is C19H24N2O3S. The van der Waals surface area contributed by atoms with E-state index in [1.54, 1.807) is 11.3 Å². The third kappa shape index (κ3) is 4.37. The first-order valence-electron chi connectivity index (χ1n) is 8.86. The van der Waals surface area contributed by atoms with Crippen molar-refractivity contribution < 1.29 is 14.3 Å². The predicted molar refractivity (Wildman–Crippen MR) is 98.6 cm³/mol. The maximum absolute atomic E-state index is 12.6. The topological polar surface area (TPSA) is 68.3 Å². The molecule has 2 atom stereocenters. The Balaban J connectivity index is 1.70. The van der Waals surface area contributed by atoms with Crippen molar-refractivity contribution in [1.82, 2.24) is 10.3 Å². The van der Waals surface area contributed by atoms with Crippen LogP contribution < -0.4 is 5.32 Å². The largest absolute Gasteiger partial charge is 0.455 e. The minimum absolute atomic E-state index is 0.0383. The molecule has 0 aliphatic heterocycles. The van der Waals surface area contributed by atoms with Crippen LogP contribution >= 0.6 is 11.3 Å². The highest BCUT2D eigenvalue weighted by Crippen LogP contribution is 2.41. The summed E-state index contributed by atoms with van der Waals surface area (Å²) < 4.78 is 6.44. The van der Waals surface area contributed by atoms with Gasteiger partial charge in [0.1, 0.15) is 0 Å². The number of aromatic nitrogens is 1. The average Bonchev–Trinajstić information content (AvgIpc) is 3.03. The second-order valence-corrected chi connectivity index (χ2v) is 7.91. The zero-order valence-electron chi connectivity index (χ0n) is 14.7. The van der Waals surface area contributed by atoms with Crippen LogP contribution in [0.1, 0.15) is 50.5 Å². The molecule has 2 aromatic rings. The molecule has 5 nitrogen and oxygen atoms in total. The Morgan fingerprint density at radius 2 is 2.04 bits per heavy atom. The van der Waals surface area contributed by atoms with Crippen LogP contribution in [-0.4, -0.2) is 29.5 Å². The third-order valence-electron chi connectivity index (χ3n) is 4.49. The lowest BCUT2D eigenvalue weighted by Crippen LogP contribution is -2.36. The average molecular weight is 360 g/mol. The molecule has 1 heterocycles. The number of hydrogen-bond donors (Lipinski definition) is 1. The van der Waals surface area contributed by atoms with E-state index in [0.717, 1.165) is 40.9 Å². The summed E-state index contributed by atoms with van der Waals surface area (Å²) >= 11 is 1.66. The number of hydrogen-bond acceptors (Lipinski definition) is 5. The number of fused-ring (bicyclic) bond motifs is 1. The van der Waals surface area contributed by atoms with Gasteiger partial charge in [0, 0.05) is 12.0 Å². The van der Waals surface area contributed by atoms with Gasteiger partial charge in [0.25, 0.3) is 5.91 Å². The summed E-state index contributed by atoms with van der Waals surface area (Å²) in [5.41, 5.74) is 0.983. The Kier molecular flexibility index (Phi) is 5.68. The molecule has 0 bridgehead atoms. The lowest BCUT2D eigenvalue weighted by Gasteiger charge is -2.28. The van der Waals surface area contributed by atoms with E-state index >= 15 is 0 Å². The Hall–Kier alpha value is -1.95. The highest BCUT2D eigenvalue weighted by molar-refractivity contribution is 7.18. The number of para-hydroxylation sites is 1. The van der Waals surface area contributed by atoms with Crippen LogP contribution in [-0.2, 0) is 14.3 Å². The van der Waals surface area contributed by atoms with E-state index in [0.29, 0.717) is 0 Å². The van der Waals surface area contributed by atoms with Crippen molar-refractivity contribution in [1.29, 1.82) is 0 Å². The normalized spacial score (nSPS) is 20.6. The summed E-state index contributed by atoms with van der Waals surface area (Å²) in [4.78, 5) is 29.0. The van der Waals surface area contributed by atoms with Crippen LogP contribution in [0.4, 0.5) is 0 Å². The SMILES string of the molecule is CC(C)NC(=O)COC(=O)[C@@H]1CCCC[C@@H]1c1nc2ccccc2s1. The van der Waals surface area contributed by atoms with Crippen molar-refractivity contribution in [2.45, 2.75) is 51.5 Å². The molecule has 1 amide bonds. The summed E-state index contributed by atoms with van der Waals surface area (Å²) in [5, 5.41) is 3.74. The maximum Gasteiger partial charge on any atom is 0.310 e. The standard InChI is InChI=1S/C19H24N2O3S/c1-12(2)20-17(22)11-24-19(23)14-8-4-3-7-13(14)18-21-15-9-5-6-10-16(15)25-18/h5-6,9-10,12-14H,3-4,7-8,11H2,1-2H3,(H,20,22)/t13-,14+/m0/s1. The summed E-state index contributed by atoms with van der Waals surface area (Å²) in [5.74, 6) is -0.647. The molecule has 0 saturated heterocycles. The van der Waals surface area contributed by atoms with E-state index in [2.05, 4.69) is 11.4 Å². The van der Waals surface area contributed by atoms with Crippen molar-refractivity contribution in [3.63, 3.8) is 0 Å². The Labute approximate surface area is 151 Å². The molecule has 1 N–H and O–H groups in total. The smallest absolute Gasteiger partial charge is 0.310 e. The number of nitrogens with one attached hydrogen (secondary N) is 1. The predicted octanol–water partition coefficient (Wildman–Crippen LogP) is 3.64. The number of thiazole rings is 1. The second-order valence-electron chi connectivity index (χ2n) is 6.85. The van der Waals surface area contributed by atoms with Crippen molar-refractivity contribution in [3.05, 3.63) is 29.3 Å². The van der Waals surface area contributed by atoms with Gasteiger partial charge in [-0.1, -0.05) is 25.0 Å². The monoisotopic (exact) mass is 360 g/mol. The molecule has 1 aromatic heterocycles. The molecule has 1 fully saturated rings. The van der Waals surface area contributed by atoms with E-state index < -0.39 is 0 Å². The van der Waals surface area contributed by atoms with Crippen molar-refractivity contribution in [2.75, 3.05) is 6.61 Å². The first-order valence-corrected chi connectivity index (χ1v) is 9.67. The molecule has 0 spiro atoms. The number of ether oxygens (including phenoxy) is 1. The lowest BCUT2D eigenvalue weighted by atomic mass is 9.79. The van der Waals surface area contributed by atoms with Crippen molar-refractivity contribution in [2.24, 2.45) is 5.92 Å². The maximum atomic E-state index is 12.6. The van der Waals surface area contributed by atoms with Gasteiger partial charge in [-0.2, -0.15) is 0 Å². The van der Waals surface area contributed by atoms with Gasteiger partial charge in [-0.25, -0.2) is 4.98 Å². The molecule has 25 heavy (non-hydrogen) atoms. The molecule has 134 valence electrons. The van der Waals surface area contributed by atoms with Gasteiger partial charge in [0.05, 0.1) is 21.1 Å². The Morgan fingerprint density at radius 3 is 2.80 bits per heavy atom. The third-order valence-corrected chi connectivity index (χ3v) is 5.66. The van der Waals surface area contributed by atoms with Crippen molar-refractivity contribution in [3.8, 4) is 0 Å². The minimum Gasteiger partial charge on any atom is -0.455 e. The molecule has 6 heteroatoms. The Bertz CT molecular complexity index is 723. The Morgan fingerprint density at radius 1 is 1.28 bits per heavy atom. The van der Waals surface area contributed by atoms with E-state index in [-0.39, 0.29) is 36.4 Å². The molecule has 1 aromatic carbocycles. The summed E-state index contributed by atoms with van der Waals surface area (Å²) in [6.45, 7) is 3.55. The zero-order chi connectivity index (χ0) is 17.8. The summed E-state index contributed by atoms with van der Waals surface area (Å²) in [6, 6.07) is 8.08. The fraction of sp³-hybridized carbons (Fsp3) is 0.526. The van der Waals surface area contributed by atoms with Crippen LogP contribution in [0, 0.1) is 5.92 Å². The van der Waals surface area contributed by atoms with Gasteiger partial charge < -0.3 is 10.1 Å². The zero-order valence-corrected chi connectivity index (χ0v) is 15.5. The van der Waals surface area contributed by atoms with Crippen LogP contribution in [0.25, 0.3) is 10.2 Å². The molecule has 3 rings (SSSR count). The summed E-state index contributed by atoms with van der Waals surface area (Å²) in [7, 11) is 0. The van der Waals surface area contributed by atoms with Crippen LogP contribution in [0.15, 0.2) is 24.3 Å². The van der Waals surface area contributed by atoms with Gasteiger partial charge in [-0.15, -0.1) is 11.3 Å². The highest BCUT2D eigenvalue weighted by atomic mass is 32.1. The van der Waals surface area contributed by atoms with Crippen LogP contribution in [0.5, 0.6) is 0 Å². The number of nitrogens with zero attached hydrogens (tertiary/aromatic N) is 1. The van der Waals surface area contributed by atoms with Crippen molar-refractivity contribution >= 4 is 33.4 Å². The van der Waals surface area contributed by atoms with Gasteiger partial charge in [-0.05, 0) is 38.8 Å². The van der Waals surface area contributed by atoms with Gasteiger partial charge >= 0.3 is 5.97 Å². The molecule has 1 aliphatic rings. The molecule has 0 radical (unpaired) electrons. The second kappa shape index (κ2) is 7.95. The molecule has 0 unspecified atom stereocenters. The lowest BCUT2D eigenvalue weighted by molar-refractivity contribution is -0.154. The molecule has 1 aliphatic carbocycles. The number of benzene rings is 1. The van der Waals surface area contributed by atoms with E-state index in [1.165, 1.54) is 0 Å². The first kappa shape index (κ1) is 17.9. The fourth-order valence-electron chi connectivity index (χ4n) is 3.36. The molecular weight excluding hydrogens is 336 g/mol. The first-order chi connectivity index (χ1) is 12.0.